The van der Waals surface area contributed by atoms with Crippen molar-refractivity contribution in [2.24, 2.45) is 17.8 Å². The summed E-state index contributed by atoms with van der Waals surface area (Å²) < 4.78 is 12.6. The van der Waals surface area contributed by atoms with E-state index in [1.807, 2.05) is 0 Å². The van der Waals surface area contributed by atoms with E-state index in [0.717, 1.165) is 50.2 Å². The van der Waals surface area contributed by atoms with Crippen LogP contribution < -0.4 is 0 Å². The van der Waals surface area contributed by atoms with E-state index < -0.39 is 0 Å². The Bertz CT molecular complexity index is 289. The van der Waals surface area contributed by atoms with Crippen LogP contribution in [0.25, 0.3) is 0 Å². The lowest BCUT2D eigenvalue weighted by atomic mass is 9.75. The predicted octanol–water partition coefficient (Wildman–Crippen LogP) is 5.84. The SMILES string of the molecule is CCCCOC(C)(CCC)COC1CC(C)CCC1C(C)C. The molecule has 0 N–H and O–H groups in total. The molecular weight excluding hydrogens is 272 g/mol. The molecular formula is C20H40O2. The number of rotatable bonds is 10. The lowest BCUT2D eigenvalue weighted by Gasteiger charge is -2.39. The Morgan fingerprint density at radius 2 is 1.86 bits per heavy atom. The second-order valence-electron chi connectivity index (χ2n) is 8.08. The van der Waals surface area contributed by atoms with Crippen LogP contribution in [0.3, 0.4) is 0 Å². The van der Waals surface area contributed by atoms with Crippen molar-refractivity contribution in [1.29, 1.82) is 0 Å². The smallest absolute Gasteiger partial charge is 0.0886 e. The third kappa shape index (κ3) is 6.58. The molecule has 0 aliphatic heterocycles. The first-order valence-corrected chi connectivity index (χ1v) is 9.67. The first kappa shape index (κ1) is 20.0. The van der Waals surface area contributed by atoms with E-state index in [1.54, 1.807) is 0 Å². The summed E-state index contributed by atoms with van der Waals surface area (Å²) in [6.45, 7) is 15.4. The van der Waals surface area contributed by atoms with Gasteiger partial charge in [0.15, 0.2) is 0 Å². The van der Waals surface area contributed by atoms with Crippen LogP contribution in [-0.4, -0.2) is 24.9 Å². The lowest BCUT2D eigenvalue weighted by Crippen LogP contribution is -2.41. The van der Waals surface area contributed by atoms with Crippen molar-refractivity contribution < 1.29 is 9.47 Å². The van der Waals surface area contributed by atoms with Crippen molar-refractivity contribution in [3.8, 4) is 0 Å². The molecule has 22 heavy (non-hydrogen) atoms. The van der Waals surface area contributed by atoms with Crippen LogP contribution in [0.4, 0.5) is 0 Å². The molecule has 0 spiro atoms. The average Bonchev–Trinajstić information content (AvgIpc) is 2.45. The van der Waals surface area contributed by atoms with Gasteiger partial charge in [0.1, 0.15) is 0 Å². The molecule has 2 heteroatoms. The largest absolute Gasteiger partial charge is 0.375 e. The maximum atomic E-state index is 6.45. The summed E-state index contributed by atoms with van der Waals surface area (Å²) in [5, 5.41) is 0. The van der Waals surface area contributed by atoms with Gasteiger partial charge in [-0.1, -0.05) is 53.9 Å². The van der Waals surface area contributed by atoms with Gasteiger partial charge in [0, 0.05) is 6.61 Å². The normalized spacial score (nSPS) is 28.8. The van der Waals surface area contributed by atoms with Gasteiger partial charge in [0.25, 0.3) is 0 Å². The molecule has 0 amide bonds. The fourth-order valence-electron chi connectivity index (χ4n) is 3.77. The molecule has 1 rings (SSSR count). The molecule has 0 radical (unpaired) electrons. The molecule has 1 aliphatic rings. The molecule has 0 bridgehead atoms. The van der Waals surface area contributed by atoms with E-state index in [9.17, 15) is 0 Å². The Balaban J connectivity index is 2.56. The summed E-state index contributed by atoms with van der Waals surface area (Å²) in [4.78, 5) is 0. The topological polar surface area (TPSA) is 18.5 Å². The number of hydrogen-bond acceptors (Lipinski definition) is 2. The minimum atomic E-state index is -0.105. The monoisotopic (exact) mass is 312 g/mol. The van der Waals surface area contributed by atoms with Crippen LogP contribution in [0.5, 0.6) is 0 Å². The highest BCUT2D eigenvalue weighted by molar-refractivity contribution is 4.83. The number of unbranched alkanes of at least 4 members (excludes halogenated alkanes) is 1. The Hall–Kier alpha value is -0.0800. The molecule has 4 unspecified atom stereocenters. The zero-order chi connectivity index (χ0) is 16.6. The summed E-state index contributed by atoms with van der Waals surface area (Å²) in [5.74, 6) is 2.24. The quantitative estimate of drug-likeness (QED) is 0.472. The van der Waals surface area contributed by atoms with Crippen LogP contribution in [0.1, 0.15) is 86.5 Å². The van der Waals surface area contributed by atoms with Gasteiger partial charge in [-0.15, -0.1) is 0 Å². The average molecular weight is 313 g/mol. The van der Waals surface area contributed by atoms with E-state index in [0.29, 0.717) is 6.10 Å². The summed E-state index contributed by atoms with van der Waals surface area (Å²) in [7, 11) is 0. The van der Waals surface area contributed by atoms with E-state index in [4.69, 9.17) is 9.47 Å². The van der Waals surface area contributed by atoms with Gasteiger partial charge in [-0.25, -0.2) is 0 Å². The highest BCUT2D eigenvalue weighted by Crippen LogP contribution is 2.36. The van der Waals surface area contributed by atoms with Crippen LogP contribution in [0.2, 0.25) is 0 Å². The third-order valence-corrected chi connectivity index (χ3v) is 5.29. The fourth-order valence-corrected chi connectivity index (χ4v) is 3.77. The summed E-state index contributed by atoms with van der Waals surface area (Å²) in [6, 6.07) is 0. The zero-order valence-electron chi connectivity index (χ0n) is 16.0. The van der Waals surface area contributed by atoms with Crippen molar-refractivity contribution in [3.05, 3.63) is 0 Å². The molecule has 0 aromatic carbocycles. The molecule has 1 saturated carbocycles. The van der Waals surface area contributed by atoms with E-state index in [-0.39, 0.29) is 5.60 Å². The lowest BCUT2D eigenvalue weighted by molar-refractivity contribution is -0.132. The zero-order valence-corrected chi connectivity index (χ0v) is 16.0. The van der Waals surface area contributed by atoms with Gasteiger partial charge in [-0.05, 0) is 50.4 Å². The Morgan fingerprint density at radius 3 is 2.45 bits per heavy atom. The molecule has 1 aliphatic carbocycles. The maximum Gasteiger partial charge on any atom is 0.0886 e. The Labute approximate surface area is 139 Å². The van der Waals surface area contributed by atoms with Gasteiger partial charge in [-0.3, -0.25) is 0 Å². The highest BCUT2D eigenvalue weighted by atomic mass is 16.5. The molecule has 0 saturated heterocycles. The molecule has 0 aromatic rings. The molecule has 4 atom stereocenters. The second-order valence-corrected chi connectivity index (χ2v) is 8.08. The third-order valence-electron chi connectivity index (χ3n) is 5.29. The van der Waals surface area contributed by atoms with Crippen LogP contribution in [-0.2, 0) is 9.47 Å². The summed E-state index contributed by atoms with van der Waals surface area (Å²) in [5.41, 5.74) is -0.105. The van der Waals surface area contributed by atoms with Gasteiger partial charge in [0.2, 0.25) is 0 Å². The first-order valence-electron chi connectivity index (χ1n) is 9.67. The fraction of sp³-hybridized carbons (Fsp3) is 1.00. The molecule has 1 fully saturated rings. The van der Waals surface area contributed by atoms with E-state index >= 15 is 0 Å². The minimum Gasteiger partial charge on any atom is -0.375 e. The molecule has 0 heterocycles. The number of ether oxygens (including phenoxy) is 2. The van der Waals surface area contributed by atoms with Gasteiger partial charge < -0.3 is 9.47 Å². The van der Waals surface area contributed by atoms with Gasteiger partial charge in [0.05, 0.1) is 18.3 Å². The van der Waals surface area contributed by atoms with Crippen molar-refractivity contribution >= 4 is 0 Å². The molecule has 132 valence electrons. The van der Waals surface area contributed by atoms with Crippen LogP contribution in [0, 0.1) is 17.8 Å². The Morgan fingerprint density at radius 1 is 1.14 bits per heavy atom. The standard InChI is InChI=1S/C20H40O2/c1-7-9-13-22-20(6,12-8-2)15-21-19-14-17(5)10-11-18(19)16(3)4/h16-19H,7-15H2,1-6H3. The van der Waals surface area contributed by atoms with Crippen molar-refractivity contribution in [2.45, 2.75) is 98.2 Å². The summed E-state index contributed by atoms with van der Waals surface area (Å²) in [6.07, 6.45) is 8.92. The second kappa shape index (κ2) is 9.93. The Kier molecular flexibility index (Phi) is 9.01. The van der Waals surface area contributed by atoms with E-state index in [1.165, 1.54) is 25.7 Å². The van der Waals surface area contributed by atoms with E-state index in [2.05, 4.69) is 41.5 Å². The predicted molar refractivity (Wildman–Crippen MR) is 95.3 cm³/mol. The molecule has 2 nitrogen and oxygen atoms in total. The van der Waals surface area contributed by atoms with Crippen molar-refractivity contribution in [3.63, 3.8) is 0 Å². The van der Waals surface area contributed by atoms with Gasteiger partial charge in [-0.2, -0.15) is 0 Å². The van der Waals surface area contributed by atoms with Crippen molar-refractivity contribution in [2.75, 3.05) is 13.2 Å². The maximum absolute atomic E-state index is 6.45. The minimum absolute atomic E-state index is 0.105. The molecule has 0 aromatic heterocycles. The summed E-state index contributed by atoms with van der Waals surface area (Å²) >= 11 is 0. The first-order chi connectivity index (χ1) is 10.4. The van der Waals surface area contributed by atoms with Crippen molar-refractivity contribution in [1.82, 2.24) is 0 Å². The van der Waals surface area contributed by atoms with Gasteiger partial charge >= 0.3 is 0 Å². The van der Waals surface area contributed by atoms with Crippen LogP contribution in [0.15, 0.2) is 0 Å². The highest BCUT2D eigenvalue weighted by Gasteiger charge is 2.34. The van der Waals surface area contributed by atoms with Crippen LogP contribution >= 0.6 is 0 Å². The number of hydrogen-bond donors (Lipinski definition) is 0.